The maximum absolute atomic E-state index is 12.0. The molecule has 0 saturated heterocycles. The minimum atomic E-state index is -0.469. The Morgan fingerprint density at radius 2 is 1.78 bits per heavy atom. The van der Waals surface area contributed by atoms with E-state index in [1.165, 1.54) is 32.1 Å². The van der Waals surface area contributed by atoms with Crippen LogP contribution in [0.5, 0.6) is 0 Å². The zero-order valence-corrected chi connectivity index (χ0v) is 21.4. The van der Waals surface area contributed by atoms with E-state index in [4.69, 9.17) is 15.2 Å². The number of fused-ring (bicyclic) bond motifs is 1. The summed E-state index contributed by atoms with van der Waals surface area (Å²) < 4.78 is 7.85. The number of rotatable bonds is 6. The van der Waals surface area contributed by atoms with E-state index >= 15 is 0 Å². The van der Waals surface area contributed by atoms with Crippen molar-refractivity contribution in [3.8, 4) is 22.3 Å². The zero-order chi connectivity index (χ0) is 25.1. The van der Waals surface area contributed by atoms with Gasteiger partial charge in [0, 0.05) is 35.6 Å². The van der Waals surface area contributed by atoms with Gasteiger partial charge in [-0.05, 0) is 62.1 Å². The molecule has 1 amide bonds. The fourth-order valence-corrected chi connectivity index (χ4v) is 6.29. The molecule has 2 saturated carbocycles. The van der Waals surface area contributed by atoms with Crippen LogP contribution in [0.3, 0.4) is 0 Å². The van der Waals surface area contributed by atoms with Gasteiger partial charge in [-0.1, -0.05) is 55.6 Å². The molecule has 186 valence electrons. The Hall–Kier alpha value is -3.41. The molecule has 0 radical (unpaired) electrons. The number of hydrogen-bond donors (Lipinski definition) is 1. The molecule has 2 aliphatic carbocycles. The second kappa shape index (κ2) is 8.32. The molecule has 2 N–H and O–H groups in total. The van der Waals surface area contributed by atoms with Crippen molar-refractivity contribution in [1.82, 2.24) is 14.7 Å². The van der Waals surface area contributed by atoms with Gasteiger partial charge in [0.15, 0.2) is 0 Å². The highest BCUT2D eigenvalue weighted by Gasteiger charge is 2.49. The summed E-state index contributed by atoms with van der Waals surface area (Å²) in [6.07, 6.45) is 12.3. The largest absolute Gasteiger partial charge is 0.369 e. The lowest BCUT2D eigenvalue weighted by atomic mass is 9.75. The molecule has 2 aliphatic rings. The van der Waals surface area contributed by atoms with Gasteiger partial charge in [0.25, 0.3) is 0 Å². The van der Waals surface area contributed by atoms with Crippen molar-refractivity contribution in [2.24, 2.45) is 11.1 Å². The number of carbonyl (C=O) groups is 1. The summed E-state index contributed by atoms with van der Waals surface area (Å²) >= 11 is 0. The van der Waals surface area contributed by atoms with Crippen molar-refractivity contribution in [3.63, 3.8) is 0 Å². The van der Waals surface area contributed by atoms with Gasteiger partial charge < -0.3 is 14.8 Å². The third-order valence-corrected chi connectivity index (χ3v) is 8.62. The summed E-state index contributed by atoms with van der Waals surface area (Å²) in [4.78, 5) is 17.0. The van der Waals surface area contributed by atoms with E-state index in [0.717, 1.165) is 69.7 Å². The number of nitrogens with zero attached hydrogens (tertiary/aromatic N) is 3. The average Bonchev–Trinajstić information content (AvgIpc) is 3.53. The lowest BCUT2D eigenvalue weighted by molar-refractivity contribution is -0.120. The molecule has 6 heteroatoms. The standard InChI is InChI=1S/C30H34N4O2/c1-19-26(20(2)36-33-19)22-15-25-27(32-16-22)24(17-34(25)18-29(3)11-5-4-6-12-29)21-7-9-23(10-8-21)30(13-14-30)28(31)35/h7-10,15-17H,4-6,11-14,18H2,1-3H3,(H2,31,35). The summed E-state index contributed by atoms with van der Waals surface area (Å²) in [5.74, 6) is 0.589. The van der Waals surface area contributed by atoms with Crippen LogP contribution in [0.1, 0.15) is 68.9 Å². The lowest BCUT2D eigenvalue weighted by Crippen LogP contribution is -2.28. The Morgan fingerprint density at radius 1 is 1.06 bits per heavy atom. The lowest BCUT2D eigenvalue weighted by Gasteiger charge is -2.34. The fourth-order valence-electron chi connectivity index (χ4n) is 6.29. The first-order valence-corrected chi connectivity index (χ1v) is 13.1. The quantitative estimate of drug-likeness (QED) is 0.341. The summed E-state index contributed by atoms with van der Waals surface area (Å²) in [5, 5.41) is 4.16. The first kappa shape index (κ1) is 23.0. The normalized spacial score (nSPS) is 18.4. The van der Waals surface area contributed by atoms with Gasteiger partial charge in [0.1, 0.15) is 5.76 Å². The van der Waals surface area contributed by atoms with E-state index in [2.05, 4.69) is 53.2 Å². The molecule has 36 heavy (non-hydrogen) atoms. The number of benzene rings is 1. The number of hydrogen-bond acceptors (Lipinski definition) is 4. The van der Waals surface area contributed by atoms with Gasteiger partial charge in [-0.25, -0.2) is 0 Å². The predicted molar refractivity (Wildman–Crippen MR) is 141 cm³/mol. The number of amides is 1. The Kier molecular flexibility index (Phi) is 5.32. The molecule has 0 bridgehead atoms. The number of carbonyl (C=O) groups excluding carboxylic acids is 1. The van der Waals surface area contributed by atoms with Crippen molar-refractivity contribution in [2.45, 2.75) is 77.7 Å². The van der Waals surface area contributed by atoms with Crippen LogP contribution >= 0.6 is 0 Å². The summed E-state index contributed by atoms with van der Waals surface area (Å²) in [7, 11) is 0. The Morgan fingerprint density at radius 3 is 2.39 bits per heavy atom. The van der Waals surface area contributed by atoms with Crippen LogP contribution in [0.4, 0.5) is 0 Å². The molecule has 0 atom stereocenters. The van der Waals surface area contributed by atoms with E-state index in [1.807, 2.05) is 20.0 Å². The van der Waals surface area contributed by atoms with Crippen molar-refractivity contribution in [3.05, 3.63) is 59.7 Å². The third kappa shape index (κ3) is 3.74. The number of nitrogens with two attached hydrogens (primary N) is 1. The first-order valence-electron chi connectivity index (χ1n) is 13.1. The second-order valence-corrected chi connectivity index (χ2v) is 11.4. The molecule has 4 aromatic rings. The van der Waals surface area contributed by atoms with E-state index in [0.29, 0.717) is 0 Å². The summed E-state index contributed by atoms with van der Waals surface area (Å²) in [6, 6.07) is 10.6. The van der Waals surface area contributed by atoms with Crippen LogP contribution in [-0.2, 0) is 16.8 Å². The van der Waals surface area contributed by atoms with Crippen molar-refractivity contribution < 1.29 is 9.32 Å². The minimum Gasteiger partial charge on any atom is -0.369 e. The van der Waals surface area contributed by atoms with Crippen LogP contribution in [0, 0.1) is 19.3 Å². The predicted octanol–water partition coefficient (Wildman–Crippen LogP) is 6.46. The number of primary amides is 1. The highest BCUT2D eigenvalue weighted by molar-refractivity contribution is 5.95. The van der Waals surface area contributed by atoms with Gasteiger partial charge >= 0.3 is 0 Å². The molecule has 6 nitrogen and oxygen atoms in total. The molecule has 0 spiro atoms. The summed E-state index contributed by atoms with van der Waals surface area (Å²) in [5.41, 5.74) is 13.8. The first-order chi connectivity index (χ1) is 17.3. The fraction of sp³-hybridized carbons (Fsp3) is 0.433. The molecule has 2 fully saturated rings. The number of pyridine rings is 1. The molecule has 3 heterocycles. The van der Waals surface area contributed by atoms with Crippen LogP contribution in [0.2, 0.25) is 0 Å². The maximum atomic E-state index is 12.0. The monoisotopic (exact) mass is 482 g/mol. The Labute approximate surface area is 211 Å². The van der Waals surface area contributed by atoms with E-state index < -0.39 is 5.41 Å². The van der Waals surface area contributed by atoms with Crippen LogP contribution < -0.4 is 5.73 Å². The highest BCUT2D eigenvalue weighted by atomic mass is 16.5. The van der Waals surface area contributed by atoms with Gasteiger partial charge in [0.05, 0.1) is 22.1 Å². The molecule has 0 aliphatic heterocycles. The van der Waals surface area contributed by atoms with E-state index in [9.17, 15) is 4.79 Å². The Balaban J connectivity index is 1.46. The summed E-state index contributed by atoms with van der Waals surface area (Å²) in [6.45, 7) is 7.33. The zero-order valence-electron chi connectivity index (χ0n) is 21.4. The molecule has 1 aromatic carbocycles. The van der Waals surface area contributed by atoms with E-state index in [-0.39, 0.29) is 11.3 Å². The number of aromatic nitrogens is 3. The molecular formula is C30H34N4O2. The SMILES string of the molecule is Cc1noc(C)c1-c1cnc2c(-c3ccc(C4(C(N)=O)CC4)cc3)cn(CC3(C)CCCCC3)c2c1. The van der Waals surface area contributed by atoms with Crippen LogP contribution in [0.15, 0.2) is 47.2 Å². The van der Waals surface area contributed by atoms with Crippen LogP contribution in [-0.4, -0.2) is 20.6 Å². The van der Waals surface area contributed by atoms with Crippen molar-refractivity contribution in [2.75, 3.05) is 0 Å². The average molecular weight is 483 g/mol. The Bertz CT molecular complexity index is 1430. The van der Waals surface area contributed by atoms with Gasteiger partial charge in [0.2, 0.25) is 5.91 Å². The molecule has 6 rings (SSSR count). The highest BCUT2D eigenvalue weighted by Crippen LogP contribution is 2.48. The topological polar surface area (TPSA) is 86.9 Å². The maximum Gasteiger partial charge on any atom is 0.228 e. The number of aryl methyl sites for hydroxylation is 2. The molecular weight excluding hydrogens is 448 g/mol. The second-order valence-electron chi connectivity index (χ2n) is 11.4. The third-order valence-electron chi connectivity index (χ3n) is 8.62. The molecule has 3 aromatic heterocycles. The molecule has 0 unspecified atom stereocenters. The van der Waals surface area contributed by atoms with Crippen molar-refractivity contribution in [1.29, 1.82) is 0 Å². The van der Waals surface area contributed by atoms with Gasteiger partial charge in [-0.15, -0.1) is 0 Å². The van der Waals surface area contributed by atoms with Crippen molar-refractivity contribution >= 4 is 16.9 Å². The van der Waals surface area contributed by atoms with Crippen LogP contribution in [0.25, 0.3) is 33.3 Å². The van der Waals surface area contributed by atoms with E-state index in [1.54, 1.807) is 0 Å². The minimum absolute atomic E-state index is 0.221. The smallest absolute Gasteiger partial charge is 0.228 e. The van der Waals surface area contributed by atoms with Gasteiger partial charge in [-0.2, -0.15) is 0 Å². The van der Waals surface area contributed by atoms with Gasteiger partial charge in [-0.3, -0.25) is 9.78 Å².